The van der Waals surface area contributed by atoms with Gasteiger partial charge in [-0.1, -0.05) is 126 Å². The van der Waals surface area contributed by atoms with Gasteiger partial charge in [0.1, 0.15) is 11.8 Å². The van der Waals surface area contributed by atoms with E-state index in [4.69, 9.17) is 10.5 Å². The minimum Gasteiger partial charge on any atom is -0.372 e. The number of carbonyl (C=O) groups is 7. The zero-order valence-electron chi connectivity index (χ0n) is 35.1. The molecule has 0 radical (unpaired) electrons. The van der Waals surface area contributed by atoms with E-state index in [1.807, 2.05) is 37.3 Å². The van der Waals surface area contributed by atoms with Gasteiger partial charge in [0.2, 0.25) is 23.5 Å². The first-order chi connectivity index (χ1) is 28.5. The fourth-order valence-electron chi connectivity index (χ4n) is 9.55. The molecule has 59 heavy (non-hydrogen) atoms. The highest BCUT2D eigenvalue weighted by atomic mass is 16.5. The number of benzene rings is 2. The molecule has 3 aliphatic rings. The molecule has 5 unspecified atom stereocenters. The van der Waals surface area contributed by atoms with Crippen molar-refractivity contribution in [3.63, 3.8) is 0 Å². The molecule has 1 saturated heterocycles. The Labute approximate surface area is 350 Å². The van der Waals surface area contributed by atoms with E-state index in [2.05, 4.69) is 12.2 Å². The van der Waals surface area contributed by atoms with Crippen molar-refractivity contribution in [2.75, 3.05) is 6.54 Å². The van der Waals surface area contributed by atoms with Crippen LogP contribution in [0.3, 0.4) is 0 Å². The first-order valence-electron chi connectivity index (χ1n) is 22.2. The zero-order chi connectivity index (χ0) is 42.3. The molecule has 2 aliphatic carbocycles. The number of amides is 3. The summed E-state index contributed by atoms with van der Waals surface area (Å²) in [6, 6.07) is 16.3. The van der Waals surface area contributed by atoms with Gasteiger partial charge in [0.15, 0.2) is 11.6 Å². The lowest BCUT2D eigenvalue weighted by atomic mass is 9.72. The first kappa shape index (κ1) is 45.6. The average Bonchev–Trinajstić information content (AvgIpc) is 3.69. The van der Waals surface area contributed by atoms with Crippen LogP contribution >= 0.6 is 0 Å². The molecule has 0 bridgehead atoms. The highest BCUT2D eigenvalue weighted by Gasteiger charge is 2.46. The monoisotopic (exact) mass is 811 g/mol. The van der Waals surface area contributed by atoms with Crippen LogP contribution in [-0.2, 0) is 44.9 Å². The van der Waals surface area contributed by atoms with Crippen molar-refractivity contribution >= 4 is 40.9 Å². The van der Waals surface area contributed by atoms with Gasteiger partial charge in [-0.15, -0.1) is 0 Å². The Morgan fingerprint density at radius 2 is 1.47 bits per heavy atom. The summed E-state index contributed by atoms with van der Waals surface area (Å²) in [4.78, 5) is 97.1. The summed E-state index contributed by atoms with van der Waals surface area (Å²) in [6.45, 7) is 4.62. The predicted octanol–water partition coefficient (Wildman–Crippen LogP) is 7.18. The lowest BCUT2D eigenvalue weighted by Crippen LogP contribution is -2.47. The molecule has 320 valence electrons. The summed E-state index contributed by atoms with van der Waals surface area (Å²) >= 11 is 0. The summed E-state index contributed by atoms with van der Waals surface area (Å²) in [6.07, 6.45) is 9.56. The number of hydrogen-bond donors (Lipinski definition) is 2. The molecule has 3 N–H and O–H groups in total. The maximum absolute atomic E-state index is 14.9. The molecule has 1 heterocycles. The smallest absolute Gasteiger partial charge is 0.244 e. The van der Waals surface area contributed by atoms with Gasteiger partial charge in [-0.2, -0.15) is 0 Å². The van der Waals surface area contributed by atoms with Gasteiger partial charge < -0.3 is 20.7 Å². The zero-order valence-corrected chi connectivity index (χ0v) is 35.1. The Kier molecular flexibility index (Phi) is 17.6. The van der Waals surface area contributed by atoms with E-state index in [1.54, 1.807) is 35.2 Å². The number of nitrogens with zero attached hydrogens (tertiary/aromatic N) is 1. The third kappa shape index (κ3) is 13.0. The number of unbranched alkanes of at least 4 members (excludes halogenated alkanes) is 1. The molecule has 0 spiro atoms. The number of Topliss-reactive ketones (excluding diaryl/α,β-unsaturated/α-hetero) is 4. The van der Waals surface area contributed by atoms with Gasteiger partial charge in [-0.25, -0.2) is 0 Å². The van der Waals surface area contributed by atoms with Crippen molar-refractivity contribution in [1.82, 2.24) is 10.2 Å². The van der Waals surface area contributed by atoms with E-state index in [-0.39, 0.29) is 73.9 Å². The maximum Gasteiger partial charge on any atom is 0.244 e. The van der Waals surface area contributed by atoms with Gasteiger partial charge in [0.05, 0.1) is 18.8 Å². The maximum atomic E-state index is 14.9. The molecule has 0 aromatic heterocycles. The predicted molar refractivity (Wildman–Crippen MR) is 224 cm³/mol. The van der Waals surface area contributed by atoms with Gasteiger partial charge in [-0.3, -0.25) is 33.6 Å². The molecule has 1 aliphatic heterocycles. The molecule has 3 fully saturated rings. The summed E-state index contributed by atoms with van der Waals surface area (Å²) in [5.41, 5.74) is 7.01. The number of nitrogens with two attached hydrogens (primary N) is 1. The number of rotatable bonds is 22. The van der Waals surface area contributed by atoms with Crippen LogP contribution in [-0.4, -0.2) is 64.4 Å². The number of hydrogen-bond acceptors (Lipinski definition) is 8. The fourth-order valence-corrected chi connectivity index (χ4v) is 9.55. The Hall–Kier alpha value is -4.51. The molecule has 3 amide bonds. The third-order valence-electron chi connectivity index (χ3n) is 13.0. The Bertz CT molecular complexity index is 1740. The van der Waals surface area contributed by atoms with E-state index < -0.39 is 53.4 Å². The van der Waals surface area contributed by atoms with Gasteiger partial charge in [0.25, 0.3) is 0 Å². The summed E-state index contributed by atoms with van der Waals surface area (Å²) < 4.78 is 6.34. The van der Waals surface area contributed by atoms with E-state index >= 15 is 0 Å². The minimum atomic E-state index is -1.09. The van der Waals surface area contributed by atoms with Gasteiger partial charge in [0, 0.05) is 56.4 Å². The number of nitrogens with one attached hydrogen (secondary N) is 1. The Morgan fingerprint density at radius 3 is 2.14 bits per heavy atom. The second kappa shape index (κ2) is 22.7. The third-order valence-corrected chi connectivity index (χ3v) is 13.0. The van der Waals surface area contributed by atoms with Crippen molar-refractivity contribution < 1.29 is 38.3 Å². The van der Waals surface area contributed by atoms with Crippen LogP contribution in [0, 0.1) is 29.6 Å². The second-order valence-electron chi connectivity index (χ2n) is 17.3. The van der Waals surface area contributed by atoms with Crippen LogP contribution in [0.1, 0.15) is 140 Å². The summed E-state index contributed by atoms with van der Waals surface area (Å²) in [5, 5.41) is 2.56. The number of ether oxygens (including phenoxy) is 1. The number of ketones is 4. The van der Waals surface area contributed by atoms with Crippen LogP contribution in [0.15, 0.2) is 60.7 Å². The van der Waals surface area contributed by atoms with Gasteiger partial charge in [-0.05, 0) is 48.6 Å². The van der Waals surface area contributed by atoms with E-state index in [1.165, 1.54) is 0 Å². The Morgan fingerprint density at radius 1 is 0.814 bits per heavy atom. The fraction of sp³-hybridized carbons (Fsp3) is 0.604. The average molecular weight is 812 g/mol. The second-order valence-corrected chi connectivity index (χ2v) is 17.3. The minimum absolute atomic E-state index is 0.0528. The van der Waals surface area contributed by atoms with E-state index in [9.17, 15) is 33.6 Å². The quantitative estimate of drug-likeness (QED) is 0.118. The molecule has 11 nitrogen and oxygen atoms in total. The van der Waals surface area contributed by atoms with Crippen LogP contribution in [0.5, 0.6) is 0 Å². The number of primary amides is 1. The molecule has 7 atom stereocenters. The number of likely N-dealkylation sites (tertiary alicyclic amines) is 1. The largest absolute Gasteiger partial charge is 0.372 e. The SMILES string of the molecule is CCCCC(CC(=O)[C@@H]1C[C@@H](OCc2ccccc2)CN1C(=O)C(CC(=O)C1CCCCC1C)C1CCCCC1)C(=O)C(=O)CCC(=O)NC(C(N)=O)c1ccccc1. The molecular weight excluding hydrogens is 747 g/mol. The van der Waals surface area contributed by atoms with E-state index in [0.29, 0.717) is 25.0 Å². The van der Waals surface area contributed by atoms with Crippen molar-refractivity contribution in [1.29, 1.82) is 0 Å². The number of carbonyl (C=O) groups excluding carboxylic acids is 7. The van der Waals surface area contributed by atoms with Crippen LogP contribution in [0.25, 0.3) is 0 Å². The summed E-state index contributed by atoms with van der Waals surface area (Å²) in [7, 11) is 0. The van der Waals surface area contributed by atoms with Crippen molar-refractivity contribution in [2.45, 2.75) is 148 Å². The van der Waals surface area contributed by atoms with Crippen LogP contribution in [0.2, 0.25) is 0 Å². The van der Waals surface area contributed by atoms with Crippen LogP contribution in [0.4, 0.5) is 0 Å². The standard InChI is InChI=1S/C48H65N3O8/c1-3-4-19-36(46(56)41(52)25-26-44(55)50-45(47(49)57)35-22-12-7-13-23-35)27-43(54)40-28-37(59-31-33-17-8-5-9-18-33)30-51(40)48(58)39(34-20-10-6-11-21-34)29-42(53)38-24-15-14-16-32(38)2/h5,7-9,12-13,17-18,22-23,32,34,36-40,45H,3-4,6,10-11,14-16,19-21,24-31H2,1-2H3,(H2,49,57)(H,50,55)/t32?,36?,37-,38?,39?,40+,45?/m1/s1. The molecule has 11 heteroatoms. The van der Waals surface area contributed by atoms with Gasteiger partial charge >= 0.3 is 0 Å². The normalized spacial score (nSPS) is 22.5. The molecule has 2 saturated carbocycles. The lowest BCUT2D eigenvalue weighted by Gasteiger charge is -2.36. The molecule has 5 rings (SSSR count). The topological polar surface area (TPSA) is 170 Å². The van der Waals surface area contributed by atoms with Crippen molar-refractivity contribution in [2.24, 2.45) is 35.3 Å². The molecule has 2 aromatic rings. The lowest BCUT2D eigenvalue weighted by molar-refractivity contribution is -0.146. The molecule has 2 aromatic carbocycles. The highest BCUT2D eigenvalue weighted by Crippen LogP contribution is 2.39. The first-order valence-corrected chi connectivity index (χ1v) is 22.2. The van der Waals surface area contributed by atoms with Crippen LogP contribution < -0.4 is 11.1 Å². The van der Waals surface area contributed by atoms with Crippen molar-refractivity contribution in [3.8, 4) is 0 Å². The highest BCUT2D eigenvalue weighted by molar-refractivity contribution is 6.38. The van der Waals surface area contributed by atoms with E-state index in [0.717, 1.165) is 69.8 Å². The Balaban J connectivity index is 1.31. The summed E-state index contributed by atoms with van der Waals surface area (Å²) in [5.74, 6) is -4.32. The molecular formula is C48H65N3O8. The van der Waals surface area contributed by atoms with Crippen molar-refractivity contribution in [3.05, 3.63) is 71.8 Å².